The van der Waals surface area contributed by atoms with Crippen LogP contribution in [0.4, 0.5) is 0 Å². The van der Waals surface area contributed by atoms with Gasteiger partial charge in [-0.2, -0.15) is 0 Å². The van der Waals surface area contributed by atoms with Crippen molar-refractivity contribution in [3.05, 3.63) is 71.8 Å². The molecule has 0 aromatic heterocycles. The third kappa shape index (κ3) is 4.01. The quantitative estimate of drug-likeness (QED) is 0.742. The minimum Gasteiger partial charge on any atom is -0.299 e. The molecule has 0 radical (unpaired) electrons. The zero-order valence-electron chi connectivity index (χ0n) is 11.0. The molecule has 0 unspecified atom stereocenters. The minimum atomic E-state index is 1.05. The maximum Gasteiger partial charge on any atom is 0.0233 e. The Labute approximate surface area is 110 Å². The van der Waals surface area contributed by atoms with Crippen molar-refractivity contribution in [3.8, 4) is 0 Å². The number of hydrogen-bond acceptors (Lipinski definition) is 1. The van der Waals surface area contributed by atoms with Crippen molar-refractivity contribution in [3.63, 3.8) is 0 Å². The fourth-order valence-corrected chi connectivity index (χ4v) is 2.12. The molecular formula is C17H21N. The van der Waals surface area contributed by atoms with Crippen LogP contribution in [-0.4, -0.2) is 18.0 Å². The highest BCUT2D eigenvalue weighted by Crippen LogP contribution is 2.06. The molecule has 0 bridgehead atoms. The van der Waals surface area contributed by atoms with Crippen LogP contribution in [0.1, 0.15) is 18.1 Å². The molecule has 94 valence electrons. The highest BCUT2D eigenvalue weighted by atomic mass is 15.1. The van der Waals surface area contributed by atoms with Gasteiger partial charge >= 0.3 is 0 Å². The van der Waals surface area contributed by atoms with Gasteiger partial charge in [0.1, 0.15) is 0 Å². The van der Waals surface area contributed by atoms with Gasteiger partial charge in [0.05, 0.1) is 0 Å². The van der Waals surface area contributed by atoms with E-state index in [-0.39, 0.29) is 0 Å². The summed E-state index contributed by atoms with van der Waals surface area (Å²) in [6.07, 6.45) is 1.13. The van der Waals surface area contributed by atoms with Crippen LogP contribution in [0.5, 0.6) is 0 Å². The maximum atomic E-state index is 2.49. The van der Waals surface area contributed by atoms with Gasteiger partial charge in [0.15, 0.2) is 0 Å². The second-order valence-corrected chi connectivity index (χ2v) is 4.59. The number of nitrogens with zero attached hydrogens (tertiary/aromatic N) is 1. The molecule has 0 saturated heterocycles. The Kier molecular flexibility index (Phi) is 4.98. The van der Waals surface area contributed by atoms with Crippen molar-refractivity contribution in [1.82, 2.24) is 4.90 Å². The number of hydrogen-bond donors (Lipinski definition) is 0. The van der Waals surface area contributed by atoms with E-state index in [1.54, 1.807) is 0 Å². The van der Waals surface area contributed by atoms with E-state index in [0.29, 0.717) is 0 Å². The summed E-state index contributed by atoms with van der Waals surface area (Å²) in [4.78, 5) is 2.49. The highest BCUT2D eigenvalue weighted by molar-refractivity contribution is 5.16. The average Bonchev–Trinajstić information content (AvgIpc) is 2.45. The normalized spacial score (nSPS) is 10.8. The number of likely N-dealkylation sites (N-methyl/N-ethyl adjacent to an activating group) is 1. The van der Waals surface area contributed by atoms with E-state index >= 15 is 0 Å². The smallest absolute Gasteiger partial charge is 0.0233 e. The largest absolute Gasteiger partial charge is 0.299 e. The molecular weight excluding hydrogens is 218 g/mol. The predicted molar refractivity (Wildman–Crippen MR) is 77.5 cm³/mol. The van der Waals surface area contributed by atoms with E-state index in [1.165, 1.54) is 11.1 Å². The van der Waals surface area contributed by atoms with Crippen LogP contribution in [0.25, 0.3) is 0 Å². The second kappa shape index (κ2) is 6.97. The molecule has 2 aromatic carbocycles. The van der Waals surface area contributed by atoms with Crippen molar-refractivity contribution < 1.29 is 0 Å². The fraction of sp³-hybridized carbons (Fsp3) is 0.294. The Bertz CT molecular complexity index is 436. The zero-order chi connectivity index (χ0) is 12.6. The molecule has 0 aliphatic rings. The fourth-order valence-electron chi connectivity index (χ4n) is 2.12. The SMILES string of the molecule is CCN(CCc1ccccc1)Cc1ccccc1. The van der Waals surface area contributed by atoms with Gasteiger partial charge < -0.3 is 0 Å². The third-order valence-electron chi connectivity index (χ3n) is 3.26. The minimum absolute atomic E-state index is 1.05. The molecule has 1 heteroatoms. The Balaban J connectivity index is 1.86. The van der Waals surface area contributed by atoms with Crippen LogP contribution < -0.4 is 0 Å². The molecule has 0 aliphatic carbocycles. The lowest BCUT2D eigenvalue weighted by Crippen LogP contribution is -2.25. The molecule has 0 spiro atoms. The van der Waals surface area contributed by atoms with E-state index in [9.17, 15) is 0 Å². The third-order valence-corrected chi connectivity index (χ3v) is 3.26. The number of rotatable bonds is 6. The molecule has 1 nitrogen and oxygen atoms in total. The lowest BCUT2D eigenvalue weighted by atomic mass is 10.1. The first-order chi connectivity index (χ1) is 8.88. The predicted octanol–water partition coefficient (Wildman–Crippen LogP) is 3.75. The van der Waals surface area contributed by atoms with Gasteiger partial charge in [0.25, 0.3) is 0 Å². The van der Waals surface area contributed by atoms with E-state index in [1.807, 2.05) is 0 Å². The van der Waals surface area contributed by atoms with Crippen LogP contribution in [0.3, 0.4) is 0 Å². The Morgan fingerprint density at radius 1 is 0.778 bits per heavy atom. The van der Waals surface area contributed by atoms with Crippen LogP contribution in [0.15, 0.2) is 60.7 Å². The summed E-state index contributed by atoms with van der Waals surface area (Å²) >= 11 is 0. The lowest BCUT2D eigenvalue weighted by molar-refractivity contribution is 0.283. The molecule has 0 saturated carbocycles. The summed E-state index contributed by atoms with van der Waals surface area (Å²) < 4.78 is 0. The molecule has 0 fully saturated rings. The van der Waals surface area contributed by atoms with Crippen molar-refractivity contribution in [2.45, 2.75) is 19.9 Å². The van der Waals surface area contributed by atoms with Crippen molar-refractivity contribution in [1.29, 1.82) is 0 Å². The summed E-state index contributed by atoms with van der Waals surface area (Å²) in [5.74, 6) is 0. The van der Waals surface area contributed by atoms with Crippen LogP contribution in [0, 0.1) is 0 Å². The lowest BCUT2D eigenvalue weighted by Gasteiger charge is -2.20. The van der Waals surface area contributed by atoms with E-state index < -0.39 is 0 Å². The van der Waals surface area contributed by atoms with Crippen LogP contribution >= 0.6 is 0 Å². The second-order valence-electron chi connectivity index (χ2n) is 4.59. The zero-order valence-corrected chi connectivity index (χ0v) is 11.0. The molecule has 2 rings (SSSR count). The molecule has 0 N–H and O–H groups in total. The van der Waals surface area contributed by atoms with E-state index in [0.717, 1.165) is 26.1 Å². The highest BCUT2D eigenvalue weighted by Gasteiger charge is 2.03. The Hall–Kier alpha value is -1.60. The monoisotopic (exact) mass is 239 g/mol. The van der Waals surface area contributed by atoms with Crippen LogP contribution in [0.2, 0.25) is 0 Å². The molecule has 0 amide bonds. The summed E-state index contributed by atoms with van der Waals surface area (Å²) in [7, 11) is 0. The standard InChI is InChI=1S/C17H21N/c1-2-18(15-17-11-7-4-8-12-17)14-13-16-9-5-3-6-10-16/h3-12H,2,13-15H2,1H3. The summed E-state index contributed by atoms with van der Waals surface area (Å²) in [6.45, 7) is 5.50. The van der Waals surface area contributed by atoms with Crippen LogP contribution in [-0.2, 0) is 13.0 Å². The van der Waals surface area contributed by atoms with E-state index in [4.69, 9.17) is 0 Å². The van der Waals surface area contributed by atoms with Crippen molar-refractivity contribution in [2.75, 3.05) is 13.1 Å². The van der Waals surface area contributed by atoms with Gasteiger partial charge in [0.2, 0.25) is 0 Å². The topological polar surface area (TPSA) is 3.24 Å². The maximum absolute atomic E-state index is 2.49. The van der Waals surface area contributed by atoms with Gasteiger partial charge in [-0.25, -0.2) is 0 Å². The Morgan fingerprint density at radius 2 is 1.33 bits per heavy atom. The Morgan fingerprint density at radius 3 is 1.89 bits per heavy atom. The van der Waals surface area contributed by atoms with Gasteiger partial charge in [0, 0.05) is 13.1 Å². The average molecular weight is 239 g/mol. The molecule has 0 heterocycles. The first-order valence-electron chi connectivity index (χ1n) is 6.68. The molecule has 0 atom stereocenters. The first kappa shape index (κ1) is 12.8. The van der Waals surface area contributed by atoms with Gasteiger partial charge in [-0.05, 0) is 24.1 Å². The first-order valence-corrected chi connectivity index (χ1v) is 6.68. The van der Waals surface area contributed by atoms with Crippen molar-refractivity contribution >= 4 is 0 Å². The molecule has 2 aromatic rings. The van der Waals surface area contributed by atoms with Gasteiger partial charge in [-0.1, -0.05) is 67.6 Å². The van der Waals surface area contributed by atoms with Crippen molar-refractivity contribution in [2.24, 2.45) is 0 Å². The van der Waals surface area contributed by atoms with Gasteiger partial charge in [-0.15, -0.1) is 0 Å². The molecule has 0 aliphatic heterocycles. The molecule has 18 heavy (non-hydrogen) atoms. The summed E-state index contributed by atoms with van der Waals surface area (Å²) in [6, 6.07) is 21.4. The van der Waals surface area contributed by atoms with Gasteiger partial charge in [-0.3, -0.25) is 4.90 Å². The summed E-state index contributed by atoms with van der Waals surface area (Å²) in [5.41, 5.74) is 2.82. The number of benzene rings is 2. The van der Waals surface area contributed by atoms with E-state index in [2.05, 4.69) is 72.5 Å². The summed E-state index contributed by atoms with van der Waals surface area (Å²) in [5, 5.41) is 0.